The molecule has 1 N–H and O–H groups in total. The maximum Gasteiger partial charge on any atom is 0.271 e. The molecule has 0 aromatic carbocycles. The number of rotatable bonds is 7. The van der Waals surface area contributed by atoms with Gasteiger partial charge in [0.05, 0.1) is 17.8 Å². The summed E-state index contributed by atoms with van der Waals surface area (Å²) in [6.07, 6.45) is 1.47. The molecular formula is C14H22ClN3O2. The molecule has 0 atom stereocenters. The Morgan fingerprint density at radius 1 is 1.40 bits per heavy atom. The molecule has 0 aliphatic carbocycles. The molecule has 20 heavy (non-hydrogen) atoms. The summed E-state index contributed by atoms with van der Waals surface area (Å²) in [4.78, 5) is 20.3. The molecule has 0 aliphatic rings. The summed E-state index contributed by atoms with van der Waals surface area (Å²) < 4.78 is 5.39. The highest BCUT2D eigenvalue weighted by molar-refractivity contribution is 6.33. The molecule has 0 fully saturated rings. The van der Waals surface area contributed by atoms with Gasteiger partial charge in [-0.3, -0.25) is 4.79 Å². The van der Waals surface area contributed by atoms with E-state index in [0.29, 0.717) is 31.5 Å². The van der Waals surface area contributed by atoms with Crippen molar-refractivity contribution in [1.29, 1.82) is 0 Å². The van der Waals surface area contributed by atoms with E-state index in [1.54, 1.807) is 0 Å². The van der Waals surface area contributed by atoms with Gasteiger partial charge in [0.2, 0.25) is 0 Å². The predicted octanol–water partition coefficient (Wildman–Crippen LogP) is 2.66. The lowest BCUT2D eigenvalue weighted by Crippen LogP contribution is -2.29. The quantitative estimate of drug-likeness (QED) is 0.786. The van der Waals surface area contributed by atoms with E-state index in [9.17, 15) is 4.79 Å². The average molecular weight is 300 g/mol. The van der Waals surface area contributed by atoms with E-state index in [1.807, 2.05) is 13.8 Å². The van der Waals surface area contributed by atoms with Gasteiger partial charge in [-0.1, -0.05) is 39.3 Å². The van der Waals surface area contributed by atoms with Crippen LogP contribution in [-0.2, 0) is 4.74 Å². The first-order valence-electron chi connectivity index (χ1n) is 6.80. The summed E-state index contributed by atoms with van der Waals surface area (Å²) >= 11 is 5.96. The van der Waals surface area contributed by atoms with E-state index in [-0.39, 0.29) is 22.5 Å². The molecule has 1 aromatic heterocycles. The van der Waals surface area contributed by atoms with Crippen LogP contribution in [0.1, 0.15) is 49.9 Å². The van der Waals surface area contributed by atoms with E-state index in [1.165, 1.54) is 6.20 Å². The van der Waals surface area contributed by atoms with Gasteiger partial charge >= 0.3 is 0 Å². The van der Waals surface area contributed by atoms with Crippen LogP contribution < -0.4 is 5.32 Å². The summed E-state index contributed by atoms with van der Waals surface area (Å²) in [7, 11) is 0. The maximum absolute atomic E-state index is 12.0. The fourth-order valence-electron chi connectivity index (χ4n) is 1.46. The molecule has 6 heteroatoms. The van der Waals surface area contributed by atoms with Crippen molar-refractivity contribution < 1.29 is 9.53 Å². The predicted molar refractivity (Wildman–Crippen MR) is 79.1 cm³/mol. The van der Waals surface area contributed by atoms with Gasteiger partial charge in [-0.25, -0.2) is 9.97 Å². The maximum atomic E-state index is 12.0. The Bertz CT molecular complexity index is 450. The zero-order valence-electron chi connectivity index (χ0n) is 12.4. The third-order valence-electron chi connectivity index (χ3n) is 2.48. The van der Waals surface area contributed by atoms with Gasteiger partial charge < -0.3 is 10.1 Å². The van der Waals surface area contributed by atoms with Crippen LogP contribution in [0.3, 0.4) is 0 Å². The molecule has 5 nitrogen and oxygen atoms in total. The molecule has 0 aliphatic heterocycles. The molecule has 0 saturated heterocycles. The highest BCUT2D eigenvalue weighted by Crippen LogP contribution is 2.16. The number of aromatic nitrogens is 2. The van der Waals surface area contributed by atoms with Crippen LogP contribution in [-0.4, -0.2) is 35.6 Å². The second-order valence-corrected chi connectivity index (χ2v) is 5.71. The monoisotopic (exact) mass is 299 g/mol. The first kappa shape index (κ1) is 16.9. The van der Waals surface area contributed by atoms with Crippen molar-refractivity contribution in [3.05, 3.63) is 22.7 Å². The Morgan fingerprint density at radius 3 is 2.70 bits per heavy atom. The van der Waals surface area contributed by atoms with Gasteiger partial charge in [-0.15, -0.1) is 0 Å². The molecule has 112 valence electrons. The molecule has 0 saturated carbocycles. The number of ether oxygens (including phenoxy) is 1. The number of halogens is 1. The lowest BCUT2D eigenvalue weighted by Gasteiger charge is -2.10. The van der Waals surface area contributed by atoms with Gasteiger partial charge in [0.25, 0.3) is 5.91 Å². The van der Waals surface area contributed by atoms with Crippen molar-refractivity contribution in [1.82, 2.24) is 15.3 Å². The van der Waals surface area contributed by atoms with Crippen molar-refractivity contribution in [3.8, 4) is 0 Å². The highest BCUT2D eigenvalue weighted by atomic mass is 35.5. The van der Waals surface area contributed by atoms with Crippen LogP contribution in [0.25, 0.3) is 0 Å². The molecular weight excluding hydrogens is 278 g/mol. The summed E-state index contributed by atoms with van der Waals surface area (Å²) in [5.41, 5.74) is 0.217. The van der Waals surface area contributed by atoms with E-state index in [0.717, 1.165) is 0 Å². The van der Waals surface area contributed by atoms with E-state index >= 15 is 0 Å². The lowest BCUT2D eigenvalue weighted by molar-refractivity contribution is 0.0882. The first-order valence-corrected chi connectivity index (χ1v) is 7.18. The average Bonchev–Trinajstić information content (AvgIpc) is 2.37. The standard InChI is InChI=1S/C14H22ClN3O2/c1-9(2)8-20-6-5-16-14(19)12-11(15)7-17-13(18-12)10(3)4/h7,9-10H,5-6,8H2,1-4H3,(H,16,19). The molecule has 0 spiro atoms. The summed E-state index contributed by atoms with van der Waals surface area (Å²) in [5.74, 6) is 0.937. The Labute approximate surface area is 125 Å². The normalized spacial score (nSPS) is 11.2. The topological polar surface area (TPSA) is 64.1 Å². The fourth-order valence-corrected chi connectivity index (χ4v) is 1.63. The number of hydrogen-bond donors (Lipinski definition) is 1. The summed E-state index contributed by atoms with van der Waals surface area (Å²) in [6.45, 7) is 9.67. The molecule has 1 rings (SSSR count). The Hall–Kier alpha value is -1.20. The summed E-state index contributed by atoms with van der Waals surface area (Å²) in [6, 6.07) is 0. The van der Waals surface area contributed by atoms with Gasteiger partial charge in [-0.05, 0) is 5.92 Å². The Morgan fingerprint density at radius 2 is 2.10 bits per heavy atom. The number of nitrogens with zero attached hydrogens (tertiary/aromatic N) is 2. The molecule has 0 bridgehead atoms. The minimum atomic E-state index is -0.299. The Balaban J connectivity index is 2.52. The van der Waals surface area contributed by atoms with Crippen LogP contribution >= 0.6 is 11.6 Å². The molecule has 1 heterocycles. The zero-order valence-corrected chi connectivity index (χ0v) is 13.2. The molecule has 1 amide bonds. The van der Waals surface area contributed by atoms with Crippen molar-refractivity contribution >= 4 is 17.5 Å². The highest BCUT2D eigenvalue weighted by Gasteiger charge is 2.15. The largest absolute Gasteiger partial charge is 0.379 e. The van der Waals surface area contributed by atoms with Gasteiger partial charge in [0, 0.05) is 19.1 Å². The van der Waals surface area contributed by atoms with Crippen molar-refractivity contribution in [3.63, 3.8) is 0 Å². The van der Waals surface area contributed by atoms with Crippen LogP contribution in [0.15, 0.2) is 6.20 Å². The Kier molecular flexibility index (Phi) is 6.88. The number of carbonyl (C=O) groups excluding carboxylic acids is 1. The van der Waals surface area contributed by atoms with Crippen LogP contribution in [0.2, 0.25) is 5.02 Å². The van der Waals surface area contributed by atoms with Crippen LogP contribution in [0, 0.1) is 5.92 Å². The smallest absolute Gasteiger partial charge is 0.271 e. The lowest BCUT2D eigenvalue weighted by atomic mass is 10.2. The molecule has 0 unspecified atom stereocenters. The minimum Gasteiger partial charge on any atom is -0.379 e. The SMILES string of the molecule is CC(C)COCCNC(=O)c1nc(C(C)C)ncc1Cl. The van der Waals surface area contributed by atoms with Crippen LogP contribution in [0.4, 0.5) is 0 Å². The van der Waals surface area contributed by atoms with Gasteiger partial charge in [-0.2, -0.15) is 0 Å². The van der Waals surface area contributed by atoms with E-state index in [4.69, 9.17) is 16.3 Å². The second kappa shape index (κ2) is 8.17. The van der Waals surface area contributed by atoms with Crippen LogP contribution in [0.5, 0.6) is 0 Å². The van der Waals surface area contributed by atoms with E-state index < -0.39 is 0 Å². The van der Waals surface area contributed by atoms with Crippen molar-refractivity contribution in [2.75, 3.05) is 19.8 Å². The summed E-state index contributed by atoms with van der Waals surface area (Å²) in [5, 5.41) is 3.00. The van der Waals surface area contributed by atoms with Gasteiger partial charge in [0.15, 0.2) is 0 Å². The third-order valence-corrected chi connectivity index (χ3v) is 2.75. The molecule has 0 radical (unpaired) electrons. The van der Waals surface area contributed by atoms with E-state index in [2.05, 4.69) is 29.1 Å². The number of carbonyl (C=O) groups is 1. The molecule has 1 aromatic rings. The second-order valence-electron chi connectivity index (χ2n) is 5.30. The number of nitrogens with one attached hydrogen (secondary N) is 1. The third kappa shape index (κ3) is 5.43. The van der Waals surface area contributed by atoms with Crippen molar-refractivity contribution in [2.45, 2.75) is 33.6 Å². The zero-order chi connectivity index (χ0) is 15.1. The van der Waals surface area contributed by atoms with Gasteiger partial charge in [0.1, 0.15) is 11.5 Å². The van der Waals surface area contributed by atoms with Crippen molar-refractivity contribution in [2.24, 2.45) is 5.92 Å². The fraction of sp³-hybridized carbons (Fsp3) is 0.643. The number of amides is 1. The minimum absolute atomic E-state index is 0.146. The number of hydrogen-bond acceptors (Lipinski definition) is 4. The first-order chi connectivity index (χ1) is 9.41.